The zero-order chi connectivity index (χ0) is 37.3. The summed E-state index contributed by atoms with van der Waals surface area (Å²) in [4.78, 5) is 82.1. The van der Waals surface area contributed by atoms with Gasteiger partial charge in [-0.15, -0.1) is 11.6 Å². The van der Waals surface area contributed by atoms with E-state index in [4.69, 9.17) is 28.8 Å². The molecule has 1 aliphatic heterocycles. The molecule has 0 bridgehead atoms. The lowest BCUT2D eigenvalue weighted by Crippen LogP contribution is -2.60. The number of nitrogens with two attached hydrogens (primary N) is 3. The van der Waals surface area contributed by atoms with Gasteiger partial charge in [0.25, 0.3) is 0 Å². The maximum Gasteiger partial charge on any atom is 0.303 e. The highest BCUT2D eigenvalue weighted by molar-refractivity contribution is 6.27. The van der Waals surface area contributed by atoms with Crippen LogP contribution in [0.1, 0.15) is 56.9 Å². The molecule has 16 heteroatoms. The maximum absolute atomic E-state index is 13.9. The van der Waals surface area contributed by atoms with Crippen LogP contribution in [0.15, 0.2) is 59.6 Å². The van der Waals surface area contributed by atoms with Crippen molar-refractivity contribution >= 4 is 53.1 Å². The third-order valence-electron chi connectivity index (χ3n) is 8.51. The predicted octanol–water partition coefficient (Wildman–Crippen LogP) is 0.764. The molecule has 15 nitrogen and oxygen atoms in total. The summed E-state index contributed by atoms with van der Waals surface area (Å²) >= 11 is 5.63. The Morgan fingerprint density at radius 1 is 0.843 bits per heavy atom. The lowest BCUT2D eigenvalue weighted by molar-refractivity contribution is -0.146. The molecule has 4 atom stereocenters. The third-order valence-corrected chi connectivity index (χ3v) is 8.75. The number of guanidine groups is 1. The number of carbonyl (C=O) groups excluding carboxylic acids is 5. The number of likely N-dealkylation sites (tertiary alicyclic amines) is 1. The number of nitrogens with one attached hydrogen (secondary N) is 3. The minimum Gasteiger partial charge on any atom is -0.481 e. The van der Waals surface area contributed by atoms with E-state index in [0.29, 0.717) is 25.7 Å². The third kappa shape index (κ3) is 13.2. The van der Waals surface area contributed by atoms with E-state index in [2.05, 4.69) is 20.9 Å². The van der Waals surface area contributed by atoms with E-state index >= 15 is 0 Å². The summed E-state index contributed by atoms with van der Waals surface area (Å²) < 4.78 is 0. The number of carboxylic acids is 1. The number of benzene rings is 2. The Hall–Kier alpha value is -5.18. The Kier molecular flexibility index (Phi) is 16.2. The summed E-state index contributed by atoms with van der Waals surface area (Å²) in [6.07, 6.45) is 1.89. The molecule has 1 heterocycles. The molecule has 0 aromatic heterocycles. The topological polar surface area (TPSA) is 252 Å². The number of carbonyl (C=O) groups is 6. The first-order chi connectivity index (χ1) is 24.4. The quantitative estimate of drug-likeness (QED) is 0.0466. The molecule has 51 heavy (non-hydrogen) atoms. The number of amides is 5. The molecule has 5 amide bonds. The van der Waals surface area contributed by atoms with Crippen molar-refractivity contribution in [3.63, 3.8) is 0 Å². The Bertz CT molecular complexity index is 1540. The van der Waals surface area contributed by atoms with Gasteiger partial charge in [0, 0.05) is 19.5 Å². The van der Waals surface area contributed by atoms with Crippen LogP contribution in [0.3, 0.4) is 0 Å². The first-order valence-corrected chi connectivity index (χ1v) is 17.4. The van der Waals surface area contributed by atoms with Gasteiger partial charge < -0.3 is 43.2 Å². The van der Waals surface area contributed by atoms with Gasteiger partial charge >= 0.3 is 5.97 Å². The first kappa shape index (κ1) is 40.3. The van der Waals surface area contributed by atoms with Crippen LogP contribution in [0.5, 0.6) is 0 Å². The Morgan fingerprint density at radius 2 is 1.53 bits per heavy atom. The lowest BCUT2D eigenvalue weighted by atomic mass is 9.97. The van der Waals surface area contributed by atoms with Crippen molar-refractivity contribution < 1.29 is 33.9 Å². The molecule has 0 saturated carbocycles. The number of hydrogen-bond acceptors (Lipinski definition) is 7. The average Bonchev–Trinajstić information content (AvgIpc) is 3.12. The van der Waals surface area contributed by atoms with Gasteiger partial charge in [0.1, 0.15) is 30.0 Å². The molecule has 2 aromatic rings. The molecule has 1 aliphatic rings. The molecule has 3 rings (SSSR count). The normalized spacial score (nSPS) is 15.8. The SMILES string of the molecule is NC(=O)[C@H](CCCN=C(N)N)NC(=O)[C@H](CCc1ccc(-c2ccccc2)cc1)NC(=O)[C@@H]1CCCCN1C(=O)[C@H](CCC(=O)O)NC(=O)CCl. The van der Waals surface area contributed by atoms with E-state index in [1.165, 1.54) is 4.90 Å². The van der Waals surface area contributed by atoms with Crippen LogP contribution >= 0.6 is 11.6 Å². The van der Waals surface area contributed by atoms with Crippen LogP contribution < -0.4 is 33.2 Å². The number of alkyl halides is 1. The number of carboxylic acid groups (broad SMARTS) is 1. The van der Waals surface area contributed by atoms with Crippen LogP contribution in [-0.4, -0.2) is 94.6 Å². The van der Waals surface area contributed by atoms with E-state index in [-0.39, 0.29) is 44.7 Å². The van der Waals surface area contributed by atoms with E-state index in [1.54, 1.807) is 0 Å². The number of aryl methyl sites for hydroxylation is 1. The van der Waals surface area contributed by atoms with Crippen molar-refractivity contribution in [2.75, 3.05) is 19.0 Å². The Balaban J connectivity index is 1.81. The van der Waals surface area contributed by atoms with Crippen LogP contribution in [0, 0.1) is 0 Å². The molecule has 2 aromatic carbocycles. The molecule has 276 valence electrons. The average molecular weight is 727 g/mol. The second-order valence-corrected chi connectivity index (χ2v) is 12.6. The van der Waals surface area contributed by atoms with Gasteiger partial charge in [-0.1, -0.05) is 54.6 Å². The highest BCUT2D eigenvalue weighted by Crippen LogP contribution is 2.22. The first-order valence-electron chi connectivity index (χ1n) is 16.9. The second-order valence-electron chi connectivity index (χ2n) is 12.3. The van der Waals surface area contributed by atoms with Crippen molar-refractivity contribution in [3.05, 3.63) is 60.2 Å². The van der Waals surface area contributed by atoms with Gasteiger partial charge in [0.05, 0.1) is 0 Å². The van der Waals surface area contributed by atoms with Crippen molar-refractivity contribution in [3.8, 4) is 11.1 Å². The lowest BCUT2D eigenvalue weighted by Gasteiger charge is -2.37. The van der Waals surface area contributed by atoms with Gasteiger partial charge in [-0.3, -0.25) is 33.8 Å². The number of halogens is 1. The van der Waals surface area contributed by atoms with Crippen molar-refractivity contribution in [2.45, 2.75) is 82.0 Å². The highest BCUT2D eigenvalue weighted by atomic mass is 35.5. The molecule has 0 unspecified atom stereocenters. The van der Waals surface area contributed by atoms with Gasteiger partial charge in [-0.2, -0.15) is 0 Å². The van der Waals surface area contributed by atoms with Crippen molar-refractivity contribution in [1.82, 2.24) is 20.9 Å². The summed E-state index contributed by atoms with van der Waals surface area (Å²) in [6.45, 7) is 0.396. The molecule has 0 radical (unpaired) electrons. The molecular weight excluding hydrogens is 680 g/mol. The molecular formula is C35H47ClN8O7. The predicted molar refractivity (Wildman–Crippen MR) is 192 cm³/mol. The van der Waals surface area contributed by atoms with Crippen LogP contribution in [0.25, 0.3) is 11.1 Å². The molecule has 10 N–H and O–H groups in total. The highest BCUT2D eigenvalue weighted by Gasteiger charge is 2.37. The number of rotatable bonds is 19. The monoisotopic (exact) mass is 726 g/mol. The van der Waals surface area contributed by atoms with E-state index in [9.17, 15) is 33.9 Å². The zero-order valence-corrected chi connectivity index (χ0v) is 29.1. The fourth-order valence-corrected chi connectivity index (χ4v) is 5.91. The zero-order valence-electron chi connectivity index (χ0n) is 28.4. The number of nitrogens with zero attached hydrogens (tertiary/aromatic N) is 2. The summed E-state index contributed by atoms with van der Waals surface area (Å²) in [6, 6.07) is 13.2. The van der Waals surface area contributed by atoms with Gasteiger partial charge in [0.15, 0.2) is 5.96 Å². The number of aliphatic carboxylic acids is 1. The standard InChI is InChI=1S/C35H47ClN8O7/c36-21-29(45)41-27(17-18-30(46)47)34(51)44-20-5-4-10-28(44)33(50)43-26(32(49)42-25(31(37)48)9-6-19-40-35(38)39)16-13-22-11-14-24(15-12-22)23-7-2-1-3-8-23/h1-3,7-8,11-12,14-15,25-28H,4-6,9-10,13,16-21H2,(H2,37,48)(H,41,45)(H,42,49)(H,43,50)(H,46,47)(H4,38,39,40)/t25-,26-,27-,28-/m0/s1. The Labute approximate surface area is 301 Å². The number of hydrogen-bond donors (Lipinski definition) is 7. The largest absolute Gasteiger partial charge is 0.481 e. The minimum absolute atomic E-state index is 0.112. The van der Waals surface area contributed by atoms with Crippen LogP contribution in [0.4, 0.5) is 0 Å². The molecule has 0 spiro atoms. The van der Waals surface area contributed by atoms with Crippen LogP contribution in [0.2, 0.25) is 0 Å². The molecule has 1 saturated heterocycles. The summed E-state index contributed by atoms with van der Waals surface area (Å²) in [5.41, 5.74) is 19.3. The van der Waals surface area contributed by atoms with E-state index in [0.717, 1.165) is 16.7 Å². The molecule has 1 fully saturated rings. The van der Waals surface area contributed by atoms with Gasteiger partial charge in [-0.25, -0.2) is 0 Å². The molecule has 0 aliphatic carbocycles. The minimum atomic E-state index is -1.21. The summed E-state index contributed by atoms with van der Waals surface area (Å²) in [7, 11) is 0. The van der Waals surface area contributed by atoms with Crippen LogP contribution in [-0.2, 0) is 35.2 Å². The number of aliphatic imine (C=N–C) groups is 1. The number of primary amides is 1. The maximum atomic E-state index is 13.9. The van der Waals surface area contributed by atoms with Gasteiger partial charge in [0.2, 0.25) is 29.5 Å². The van der Waals surface area contributed by atoms with Crippen molar-refractivity contribution in [1.29, 1.82) is 0 Å². The summed E-state index contributed by atoms with van der Waals surface area (Å²) in [5.74, 6) is -5.01. The second kappa shape index (κ2) is 20.5. The smallest absolute Gasteiger partial charge is 0.303 e. The number of piperidine rings is 1. The fraction of sp³-hybridized carbons (Fsp3) is 0.457. The fourth-order valence-electron chi connectivity index (χ4n) is 5.83. The summed E-state index contributed by atoms with van der Waals surface area (Å²) in [5, 5.41) is 17.1. The van der Waals surface area contributed by atoms with Gasteiger partial charge in [-0.05, 0) is 68.1 Å². The van der Waals surface area contributed by atoms with Crippen molar-refractivity contribution in [2.24, 2.45) is 22.2 Å². The van der Waals surface area contributed by atoms with E-state index < -0.39 is 72.0 Å². The van der Waals surface area contributed by atoms with E-state index in [1.807, 2.05) is 54.6 Å². The Morgan fingerprint density at radius 3 is 2.16 bits per heavy atom.